The van der Waals surface area contributed by atoms with E-state index in [-0.39, 0.29) is 50.2 Å². The number of hydrogen-bond donors (Lipinski definition) is 2. The first-order chi connectivity index (χ1) is 24.9. The lowest BCUT2D eigenvalue weighted by Crippen LogP contribution is -2.46. The standard InChI is InChI=1S/C42H51N3O7/c1-27-35(22-44-26-42(4)20-33(44)19-41(2,3)25-42)51-39(52-37(27)31-14-12-29(23-46)13-15-31)32-16-10-28(11-17-32)21-45-36(47)18-34(38(45)48)43-40(49)50-24-30-8-6-5-7-9-30/h5-17,27,33-35,37,39,46H,18-26H2,1-4H3,(H,43,49)/t27-,33?,34?,35+,37+,39+,42?/m1/s1. The summed E-state index contributed by atoms with van der Waals surface area (Å²) in [6.45, 7) is 11.5. The molecule has 1 saturated carbocycles. The van der Waals surface area contributed by atoms with E-state index in [1.165, 1.54) is 24.2 Å². The van der Waals surface area contributed by atoms with Gasteiger partial charge in [0.25, 0.3) is 5.91 Å². The van der Waals surface area contributed by atoms with E-state index in [9.17, 15) is 19.5 Å². The molecular formula is C42H51N3O7. The minimum atomic E-state index is -0.967. The molecule has 10 nitrogen and oxygen atoms in total. The Kier molecular flexibility index (Phi) is 10.3. The van der Waals surface area contributed by atoms with Crippen molar-refractivity contribution in [2.75, 3.05) is 13.1 Å². The molecule has 52 heavy (non-hydrogen) atoms. The highest BCUT2D eigenvalue weighted by Crippen LogP contribution is 2.53. The average molecular weight is 710 g/mol. The van der Waals surface area contributed by atoms with Gasteiger partial charge in [0.15, 0.2) is 6.29 Å². The van der Waals surface area contributed by atoms with Gasteiger partial charge in [-0.2, -0.15) is 0 Å². The predicted molar refractivity (Wildman–Crippen MR) is 194 cm³/mol. The monoisotopic (exact) mass is 709 g/mol. The number of nitrogens with one attached hydrogen (secondary N) is 1. The molecule has 4 fully saturated rings. The molecular weight excluding hydrogens is 658 g/mol. The van der Waals surface area contributed by atoms with Crippen molar-refractivity contribution >= 4 is 17.9 Å². The van der Waals surface area contributed by atoms with Crippen LogP contribution in [0.3, 0.4) is 0 Å². The topological polar surface area (TPSA) is 118 Å². The van der Waals surface area contributed by atoms with E-state index >= 15 is 0 Å². The molecule has 3 heterocycles. The number of fused-ring (bicyclic) bond motifs is 2. The van der Waals surface area contributed by atoms with E-state index in [4.69, 9.17) is 14.2 Å². The van der Waals surface area contributed by atoms with Crippen molar-refractivity contribution < 1.29 is 33.7 Å². The number of imide groups is 1. The first-order valence-electron chi connectivity index (χ1n) is 18.5. The van der Waals surface area contributed by atoms with E-state index in [0.717, 1.165) is 40.9 Å². The summed E-state index contributed by atoms with van der Waals surface area (Å²) in [5.41, 5.74) is 4.99. The molecule has 2 bridgehead atoms. The van der Waals surface area contributed by atoms with E-state index in [1.54, 1.807) is 0 Å². The van der Waals surface area contributed by atoms with Gasteiger partial charge in [-0.15, -0.1) is 0 Å². The van der Waals surface area contributed by atoms with Gasteiger partial charge in [-0.1, -0.05) is 107 Å². The Balaban J connectivity index is 1.02. The van der Waals surface area contributed by atoms with Crippen LogP contribution in [0.25, 0.3) is 0 Å². The number of hydrogen-bond acceptors (Lipinski definition) is 8. The van der Waals surface area contributed by atoms with Crippen molar-refractivity contribution in [1.82, 2.24) is 15.1 Å². The van der Waals surface area contributed by atoms with Gasteiger partial charge in [-0.05, 0) is 52.3 Å². The Morgan fingerprint density at radius 2 is 1.60 bits per heavy atom. The van der Waals surface area contributed by atoms with Gasteiger partial charge in [-0.3, -0.25) is 19.4 Å². The zero-order valence-electron chi connectivity index (χ0n) is 30.6. The molecule has 3 aromatic rings. The predicted octanol–water partition coefficient (Wildman–Crippen LogP) is 6.42. The van der Waals surface area contributed by atoms with E-state index in [2.05, 4.69) is 37.9 Å². The number of nitrogens with zero attached hydrogens (tertiary/aromatic N) is 2. The van der Waals surface area contributed by atoms with Crippen LogP contribution < -0.4 is 5.32 Å². The van der Waals surface area contributed by atoms with Gasteiger partial charge in [0, 0.05) is 30.6 Å². The molecule has 0 spiro atoms. The largest absolute Gasteiger partial charge is 0.445 e. The smallest absolute Gasteiger partial charge is 0.408 e. The SMILES string of the molecule is C[C@@H]1[C@H](CN2CC3(C)CC2CC(C)(C)C3)O[C@H](c2ccc(CN3C(=O)CC(NC(=O)OCc4ccccc4)C3=O)cc2)O[C@@H]1c1ccc(CO)cc1. The Bertz CT molecular complexity index is 1750. The van der Waals surface area contributed by atoms with Crippen molar-refractivity contribution in [3.05, 3.63) is 107 Å². The number of benzene rings is 3. The Morgan fingerprint density at radius 1 is 0.904 bits per heavy atom. The normalized spacial score (nSPS) is 30.1. The van der Waals surface area contributed by atoms with Gasteiger partial charge >= 0.3 is 6.09 Å². The summed E-state index contributed by atoms with van der Waals surface area (Å²) < 4.78 is 18.8. The van der Waals surface area contributed by atoms with Crippen LogP contribution in [-0.2, 0) is 43.6 Å². The van der Waals surface area contributed by atoms with Crippen molar-refractivity contribution in [2.24, 2.45) is 16.7 Å². The second-order valence-corrected chi connectivity index (χ2v) is 16.5. The molecule has 1 aliphatic carbocycles. The minimum Gasteiger partial charge on any atom is -0.445 e. The maximum atomic E-state index is 13.2. The number of amides is 3. The molecule has 276 valence electrons. The van der Waals surface area contributed by atoms with Crippen LogP contribution in [0.15, 0.2) is 78.9 Å². The fourth-order valence-electron chi connectivity index (χ4n) is 9.18. The van der Waals surface area contributed by atoms with Gasteiger partial charge in [0.2, 0.25) is 5.91 Å². The zero-order valence-corrected chi connectivity index (χ0v) is 30.6. The number of carbonyl (C=O) groups excluding carboxylic acids is 3. The zero-order chi connectivity index (χ0) is 36.6. The van der Waals surface area contributed by atoms with Crippen LogP contribution in [0.2, 0.25) is 0 Å². The molecule has 10 heteroatoms. The summed E-state index contributed by atoms with van der Waals surface area (Å²) in [5.74, 6) is -0.724. The Hall–Kier alpha value is -4.09. The van der Waals surface area contributed by atoms with Crippen molar-refractivity contribution in [3.8, 4) is 0 Å². The summed E-state index contributed by atoms with van der Waals surface area (Å²) >= 11 is 0. The third kappa shape index (κ3) is 7.95. The second-order valence-electron chi connectivity index (χ2n) is 16.5. The third-order valence-electron chi connectivity index (χ3n) is 11.4. The van der Waals surface area contributed by atoms with Crippen LogP contribution in [0.1, 0.15) is 93.6 Å². The van der Waals surface area contributed by atoms with Gasteiger partial charge in [-0.25, -0.2) is 4.79 Å². The number of carbonyl (C=O) groups is 3. The molecule has 2 N–H and O–H groups in total. The molecule has 7 rings (SSSR count). The molecule has 3 saturated heterocycles. The van der Waals surface area contributed by atoms with Crippen LogP contribution in [-0.4, -0.2) is 64.1 Å². The third-order valence-corrected chi connectivity index (χ3v) is 11.4. The molecule has 3 aliphatic heterocycles. The van der Waals surface area contributed by atoms with E-state index in [0.29, 0.717) is 16.9 Å². The maximum Gasteiger partial charge on any atom is 0.408 e. The summed E-state index contributed by atoms with van der Waals surface area (Å²) in [6.07, 6.45) is 1.89. The summed E-state index contributed by atoms with van der Waals surface area (Å²) in [4.78, 5) is 42.3. The molecule has 0 aromatic heterocycles. The number of aliphatic hydroxyl groups is 1. The van der Waals surface area contributed by atoms with Gasteiger partial charge in [0.05, 0.1) is 31.8 Å². The number of likely N-dealkylation sites (tertiary alicyclic amines) is 2. The maximum absolute atomic E-state index is 13.2. The molecule has 7 atom stereocenters. The Morgan fingerprint density at radius 3 is 2.31 bits per heavy atom. The van der Waals surface area contributed by atoms with Crippen molar-refractivity contribution in [2.45, 2.75) is 104 Å². The second kappa shape index (κ2) is 14.7. The van der Waals surface area contributed by atoms with E-state index in [1.807, 2.05) is 78.9 Å². The molecule has 3 unspecified atom stereocenters. The lowest BCUT2D eigenvalue weighted by molar-refractivity contribution is -0.276. The van der Waals surface area contributed by atoms with Crippen LogP contribution >= 0.6 is 0 Å². The molecule has 3 amide bonds. The fraction of sp³-hybridized carbons (Fsp3) is 0.500. The number of aliphatic hydroxyl groups excluding tert-OH is 1. The molecule has 0 radical (unpaired) electrons. The van der Waals surface area contributed by atoms with Gasteiger partial charge < -0.3 is 24.6 Å². The first kappa shape index (κ1) is 36.3. The van der Waals surface area contributed by atoms with Crippen LogP contribution in [0.5, 0.6) is 0 Å². The van der Waals surface area contributed by atoms with Crippen LogP contribution in [0.4, 0.5) is 4.79 Å². The highest BCUT2D eigenvalue weighted by Gasteiger charge is 2.51. The summed E-state index contributed by atoms with van der Waals surface area (Å²) in [7, 11) is 0. The average Bonchev–Trinajstić information content (AvgIpc) is 3.52. The number of alkyl carbamates (subject to hydrolysis) is 1. The number of rotatable bonds is 10. The lowest BCUT2D eigenvalue weighted by atomic mass is 9.65. The highest BCUT2D eigenvalue weighted by molar-refractivity contribution is 6.06. The summed E-state index contributed by atoms with van der Waals surface area (Å²) in [5, 5.41) is 12.2. The lowest BCUT2D eigenvalue weighted by Gasteiger charge is -2.43. The number of ether oxygens (including phenoxy) is 3. The van der Waals surface area contributed by atoms with Crippen molar-refractivity contribution in [1.29, 1.82) is 0 Å². The van der Waals surface area contributed by atoms with Crippen LogP contribution in [0, 0.1) is 16.7 Å². The minimum absolute atomic E-state index is 0.0133. The van der Waals surface area contributed by atoms with Gasteiger partial charge in [0.1, 0.15) is 12.6 Å². The first-order valence-corrected chi connectivity index (χ1v) is 18.5. The molecule has 3 aromatic carbocycles. The summed E-state index contributed by atoms with van der Waals surface area (Å²) in [6, 6.07) is 24.4. The molecule has 4 aliphatic rings. The quantitative estimate of drug-likeness (QED) is 0.232. The Labute approximate surface area is 306 Å². The van der Waals surface area contributed by atoms with Crippen molar-refractivity contribution in [3.63, 3.8) is 0 Å². The fourth-order valence-corrected chi connectivity index (χ4v) is 9.18. The van der Waals surface area contributed by atoms with E-state index < -0.39 is 24.3 Å². The highest BCUT2D eigenvalue weighted by atomic mass is 16.7.